The maximum Gasteiger partial charge on any atom is 0.271 e. The van der Waals surface area contributed by atoms with Gasteiger partial charge in [-0.2, -0.15) is 0 Å². The molecule has 0 aliphatic carbocycles. The van der Waals surface area contributed by atoms with Crippen LogP contribution in [0.3, 0.4) is 0 Å². The van der Waals surface area contributed by atoms with Crippen LogP contribution in [0.1, 0.15) is 65.1 Å². The number of nitrogens with zero attached hydrogens (tertiary/aromatic N) is 4. The molecule has 2 aliphatic heterocycles. The number of hydrogen-bond donors (Lipinski definition) is 1. The number of rotatable bonds is 9. The van der Waals surface area contributed by atoms with E-state index in [1.807, 2.05) is 21.6 Å². The lowest BCUT2D eigenvalue weighted by Gasteiger charge is -2.35. The molecule has 1 amide bonds. The molecular weight excluding hydrogens is 454 g/mol. The number of anilines is 1. The standard InChI is InChI=1S/C28H33N5O3/c1-19(34)15-24(22-9-11-26(36-2)30-17-22)33-14-13-32-18-20(16-25(32)28(33)35)5-3-7-23-10-8-21-6-4-12-29-27(21)31-23/h8-11,16-18,24H,3-7,12-15H2,1-2H3,(H,29,31)/t24-/m0/s1. The Balaban J connectivity index is 1.26. The van der Waals surface area contributed by atoms with Gasteiger partial charge in [0.25, 0.3) is 5.91 Å². The molecule has 0 aromatic carbocycles. The molecule has 0 radical (unpaired) electrons. The summed E-state index contributed by atoms with van der Waals surface area (Å²) in [5, 5.41) is 3.40. The molecule has 5 heterocycles. The largest absolute Gasteiger partial charge is 0.481 e. The van der Waals surface area contributed by atoms with Gasteiger partial charge in [0.1, 0.15) is 17.3 Å². The van der Waals surface area contributed by atoms with Gasteiger partial charge >= 0.3 is 0 Å². The van der Waals surface area contributed by atoms with Crippen molar-refractivity contribution in [2.75, 3.05) is 25.5 Å². The number of aromatic nitrogens is 3. The van der Waals surface area contributed by atoms with Crippen LogP contribution < -0.4 is 10.1 Å². The van der Waals surface area contributed by atoms with E-state index in [9.17, 15) is 9.59 Å². The van der Waals surface area contributed by atoms with E-state index in [0.717, 1.165) is 61.3 Å². The maximum absolute atomic E-state index is 13.5. The minimum atomic E-state index is -0.343. The van der Waals surface area contributed by atoms with E-state index in [1.165, 1.54) is 5.56 Å². The maximum atomic E-state index is 13.5. The molecule has 1 N–H and O–H groups in total. The van der Waals surface area contributed by atoms with Gasteiger partial charge in [-0.15, -0.1) is 0 Å². The fraction of sp³-hybridized carbons (Fsp3) is 0.429. The monoisotopic (exact) mass is 487 g/mol. The number of hydrogen-bond acceptors (Lipinski definition) is 6. The van der Waals surface area contributed by atoms with Crippen molar-refractivity contribution in [3.05, 3.63) is 70.8 Å². The Kier molecular flexibility index (Phi) is 7.02. The van der Waals surface area contributed by atoms with E-state index in [4.69, 9.17) is 9.72 Å². The summed E-state index contributed by atoms with van der Waals surface area (Å²) in [5.41, 5.74) is 5.09. The molecule has 0 fully saturated rings. The normalized spacial score (nSPS) is 15.6. The number of carbonyl (C=O) groups is 2. The summed E-state index contributed by atoms with van der Waals surface area (Å²) in [6.07, 6.45) is 9.08. The molecule has 5 rings (SSSR count). The fourth-order valence-corrected chi connectivity index (χ4v) is 5.20. The number of carbonyl (C=O) groups excluding carboxylic acids is 2. The second-order valence-corrected chi connectivity index (χ2v) is 9.68. The fourth-order valence-electron chi connectivity index (χ4n) is 5.20. The van der Waals surface area contributed by atoms with E-state index in [-0.39, 0.29) is 24.2 Å². The molecule has 0 saturated carbocycles. The van der Waals surface area contributed by atoms with Crippen molar-refractivity contribution in [1.29, 1.82) is 0 Å². The Hall–Kier alpha value is -3.68. The molecule has 3 aromatic rings. The van der Waals surface area contributed by atoms with Crippen LogP contribution in [0.4, 0.5) is 5.82 Å². The zero-order valence-electron chi connectivity index (χ0n) is 21.0. The predicted molar refractivity (Wildman–Crippen MR) is 137 cm³/mol. The van der Waals surface area contributed by atoms with Gasteiger partial charge in [-0.1, -0.05) is 12.1 Å². The lowest BCUT2D eigenvalue weighted by Crippen LogP contribution is -2.42. The van der Waals surface area contributed by atoms with Crippen molar-refractivity contribution in [2.24, 2.45) is 0 Å². The van der Waals surface area contributed by atoms with Gasteiger partial charge in [-0.05, 0) is 67.9 Å². The number of ether oxygens (including phenoxy) is 1. The number of Topliss-reactive ketones (excluding diaryl/α,β-unsaturated/α-hetero) is 1. The van der Waals surface area contributed by atoms with Crippen molar-refractivity contribution in [1.82, 2.24) is 19.4 Å². The summed E-state index contributed by atoms with van der Waals surface area (Å²) in [4.78, 5) is 36.5. The van der Waals surface area contributed by atoms with Gasteiger partial charge < -0.3 is 19.5 Å². The molecule has 3 aromatic heterocycles. The van der Waals surface area contributed by atoms with Crippen molar-refractivity contribution >= 4 is 17.5 Å². The summed E-state index contributed by atoms with van der Waals surface area (Å²) in [6.45, 7) is 3.81. The number of amides is 1. The van der Waals surface area contributed by atoms with Crippen LogP contribution in [0.2, 0.25) is 0 Å². The van der Waals surface area contributed by atoms with Crippen molar-refractivity contribution in [3.63, 3.8) is 0 Å². The smallest absolute Gasteiger partial charge is 0.271 e. The summed E-state index contributed by atoms with van der Waals surface area (Å²) in [5.74, 6) is 1.54. The predicted octanol–water partition coefficient (Wildman–Crippen LogP) is 4.00. The molecule has 8 heteroatoms. The first-order valence-electron chi connectivity index (χ1n) is 12.7. The van der Waals surface area contributed by atoms with Crippen LogP contribution in [0.5, 0.6) is 5.88 Å². The third-order valence-corrected chi connectivity index (χ3v) is 7.08. The van der Waals surface area contributed by atoms with Gasteiger partial charge in [-0.3, -0.25) is 9.59 Å². The molecule has 0 saturated heterocycles. The molecular formula is C28H33N5O3. The average molecular weight is 488 g/mol. The number of fused-ring (bicyclic) bond motifs is 2. The highest BCUT2D eigenvalue weighted by molar-refractivity contribution is 5.94. The molecule has 0 bridgehead atoms. The lowest BCUT2D eigenvalue weighted by molar-refractivity contribution is -0.118. The first kappa shape index (κ1) is 24.0. The molecule has 0 spiro atoms. The second kappa shape index (κ2) is 10.5. The zero-order valence-corrected chi connectivity index (χ0v) is 21.0. The van der Waals surface area contributed by atoms with Gasteiger partial charge in [0, 0.05) is 50.2 Å². The van der Waals surface area contributed by atoms with Crippen LogP contribution >= 0.6 is 0 Å². The molecule has 8 nitrogen and oxygen atoms in total. The van der Waals surface area contributed by atoms with E-state index in [2.05, 4.69) is 28.6 Å². The summed E-state index contributed by atoms with van der Waals surface area (Å²) >= 11 is 0. The van der Waals surface area contributed by atoms with Crippen LogP contribution in [0, 0.1) is 0 Å². The molecule has 2 aliphatic rings. The Morgan fingerprint density at radius 2 is 2.08 bits per heavy atom. The van der Waals surface area contributed by atoms with E-state index < -0.39 is 0 Å². The molecule has 1 atom stereocenters. The topological polar surface area (TPSA) is 89.4 Å². The summed E-state index contributed by atoms with van der Waals surface area (Å²) < 4.78 is 7.21. The number of nitrogens with one attached hydrogen (secondary N) is 1. The van der Waals surface area contributed by atoms with Gasteiger partial charge in [0.2, 0.25) is 5.88 Å². The van der Waals surface area contributed by atoms with Crippen LogP contribution in [0.15, 0.2) is 42.7 Å². The van der Waals surface area contributed by atoms with Gasteiger partial charge in [0.05, 0.1) is 13.2 Å². The van der Waals surface area contributed by atoms with Crippen molar-refractivity contribution in [3.8, 4) is 5.88 Å². The molecule has 0 unspecified atom stereocenters. The Labute approximate surface area is 211 Å². The minimum Gasteiger partial charge on any atom is -0.481 e. The number of pyridine rings is 2. The Morgan fingerprint density at radius 1 is 1.19 bits per heavy atom. The number of ketones is 1. The quantitative estimate of drug-likeness (QED) is 0.491. The van der Waals surface area contributed by atoms with Crippen molar-refractivity contribution < 1.29 is 14.3 Å². The van der Waals surface area contributed by atoms with Crippen LogP contribution in [-0.4, -0.2) is 51.3 Å². The van der Waals surface area contributed by atoms with Crippen LogP contribution in [-0.2, 0) is 30.6 Å². The third-order valence-electron chi connectivity index (χ3n) is 7.08. The SMILES string of the molecule is COc1ccc([C@H](CC(C)=O)N2CCn3cc(CCCc4ccc5c(n4)NCCC5)cc3C2=O)cn1. The van der Waals surface area contributed by atoms with E-state index in [0.29, 0.717) is 24.7 Å². The van der Waals surface area contributed by atoms with Crippen molar-refractivity contribution in [2.45, 2.75) is 58.0 Å². The highest BCUT2D eigenvalue weighted by Crippen LogP contribution is 2.30. The molecule has 36 heavy (non-hydrogen) atoms. The Morgan fingerprint density at radius 3 is 2.86 bits per heavy atom. The number of aryl methyl sites for hydroxylation is 3. The summed E-state index contributed by atoms with van der Waals surface area (Å²) in [6, 6.07) is 9.66. The van der Waals surface area contributed by atoms with Crippen LogP contribution in [0.25, 0.3) is 0 Å². The summed E-state index contributed by atoms with van der Waals surface area (Å²) in [7, 11) is 1.57. The van der Waals surface area contributed by atoms with E-state index >= 15 is 0 Å². The minimum absolute atomic E-state index is 0.0382. The first-order valence-corrected chi connectivity index (χ1v) is 12.7. The highest BCUT2D eigenvalue weighted by Gasteiger charge is 2.32. The van der Waals surface area contributed by atoms with E-state index in [1.54, 1.807) is 26.3 Å². The highest BCUT2D eigenvalue weighted by atomic mass is 16.5. The third kappa shape index (κ3) is 5.12. The molecule has 188 valence electrons. The number of methoxy groups -OCH3 is 1. The first-order chi connectivity index (χ1) is 17.5. The van der Waals surface area contributed by atoms with Gasteiger partial charge in [0.15, 0.2) is 0 Å². The Bertz CT molecular complexity index is 1250. The second-order valence-electron chi connectivity index (χ2n) is 9.68. The van der Waals surface area contributed by atoms with Gasteiger partial charge in [-0.25, -0.2) is 9.97 Å². The lowest BCUT2D eigenvalue weighted by atomic mass is 10.0. The zero-order chi connectivity index (χ0) is 25.1. The average Bonchev–Trinajstić information content (AvgIpc) is 3.32.